The summed E-state index contributed by atoms with van der Waals surface area (Å²) in [5.74, 6) is -0.578. The zero-order chi connectivity index (χ0) is 15.5. The normalized spacial score (nSPS) is 13.3. The molecule has 8 heteroatoms. The maximum atomic E-state index is 12.3. The topological polar surface area (TPSA) is 58.4 Å². The lowest BCUT2D eigenvalue weighted by Gasteiger charge is -2.25. The summed E-state index contributed by atoms with van der Waals surface area (Å²) < 4.78 is 36.8. The van der Waals surface area contributed by atoms with Crippen molar-refractivity contribution in [3.63, 3.8) is 0 Å². The predicted molar refractivity (Wildman–Crippen MR) is 72.6 cm³/mol. The molecule has 0 saturated carbocycles. The Bertz CT molecular complexity index is 493. The Morgan fingerprint density at radius 2 is 2.10 bits per heavy atom. The molecule has 1 rings (SSSR count). The summed E-state index contributed by atoms with van der Waals surface area (Å²) in [5, 5.41) is 2.88. The summed E-state index contributed by atoms with van der Waals surface area (Å²) in [6, 6.07) is 3.51. The van der Waals surface area contributed by atoms with Crippen LogP contribution < -0.4 is 11.1 Å². The number of rotatable bonds is 4. The summed E-state index contributed by atoms with van der Waals surface area (Å²) in [6.07, 6.45) is -4.36. The molecular formula is C12H15ClF3N3O. The quantitative estimate of drug-likeness (QED) is 0.841. The van der Waals surface area contributed by atoms with Crippen molar-refractivity contribution in [2.45, 2.75) is 19.1 Å². The molecule has 112 valence electrons. The van der Waals surface area contributed by atoms with E-state index in [2.05, 4.69) is 5.32 Å². The minimum Gasteiger partial charge on any atom is -0.397 e. The van der Waals surface area contributed by atoms with Gasteiger partial charge in [-0.3, -0.25) is 9.69 Å². The summed E-state index contributed by atoms with van der Waals surface area (Å²) in [7, 11) is 1.23. The number of likely N-dealkylation sites (N-methyl/N-ethyl adjacent to an activating group) is 1. The van der Waals surface area contributed by atoms with Crippen LogP contribution in [0.25, 0.3) is 0 Å². The van der Waals surface area contributed by atoms with Crippen LogP contribution in [0.4, 0.5) is 24.5 Å². The van der Waals surface area contributed by atoms with Gasteiger partial charge in [0.15, 0.2) is 0 Å². The first-order valence-electron chi connectivity index (χ1n) is 5.73. The molecule has 1 unspecified atom stereocenters. The highest BCUT2D eigenvalue weighted by Gasteiger charge is 2.32. The molecule has 0 fully saturated rings. The van der Waals surface area contributed by atoms with Crippen LogP contribution in [0.3, 0.4) is 0 Å². The zero-order valence-corrected chi connectivity index (χ0v) is 11.7. The Hall–Kier alpha value is -1.47. The lowest BCUT2D eigenvalue weighted by atomic mass is 10.2. The first-order chi connectivity index (χ1) is 9.10. The van der Waals surface area contributed by atoms with Crippen molar-refractivity contribution >= 4 is 28.9 Å². The van der Waals surface area contributed by atoms with E-state index < -0.39 is 24.7 Å². The van der Waals surface area contributed by atoms with Gasteiger partial charge in [-0.2, -0.15) is 13.2 Å². The standard InChI is InChI=1S/C12H15ClF3N3O/c1-7(19(2)6-12(14,15)16)11(20)18-10-4-3-8(13)5-9(10)17/h3-5,7H,6,17H2,1-2H3,(H,18,20). The van der Waals surface area contributed by atoms with E-state index in [1.54, 1.807) is 0 Å². The van der Waals surface area contributed by atoms with E-state index in [-0.39, 0.29) is 5.69 Å². The second-order valence-electron chi connectivity index (χ2n) is 4.43. The molecule has 1 aromatic carbocycles. The number of hydrogen-bond acceptors (Lipinski definition) is 3. The monoisotopic (exact) mass is 309 g/mol. The van der Waals surface area contributed by atoms with Gasteiger partial charge in [0, 0.05) is 5.02 Å². The molecule has 1 aromatic rings. The average Bonchev–Trinajstić information content (AvgIpc) is 2.29. The van der Waals surface area contributed by atoms with E-state index in [9.17, 15) is 18.0 Å². The predicted octanol–water partition coefficient (Wildman–Crippen LogP) is 2.74. The third-order valence-corrected chi connectivity index (χ3v) is 2.98. The number of nitrogen functional groups attached to an aromatic ring is 1. The number of amides is 1. The lowest BCUT2D eigenvalue weighted by molar-refractivity contribution is -0.149. The van der Waals surface area contributed by atoms with Gasteiger partial charge in [0.05, 0.1) is 24.0 Å². The molecule has 0 aromatic heterocycles. The van der Waals surface area contributed by atoms with Crippen LogP contribution >= 0.6 is 11.6 Å². The molecule has 1 atom stereocenters. The third kappa shape index (κ3) is 4.90. The molecule has 20 heavy (non-hydrogen) atoms. The fraction of sp³-hybridized carbons (Fsp3) is 0.417. The molecule has 0 spiro atoms. The van der Waals surface area contributed by atoms with Gasteiger partial charge in [0.25, 0.3) is 0 Å². The van der Waals surface area contributed by atoms with E-state index in [4.69, 9.17) is 17.3 Å². The number of carbonyl (C=O) groups excluding carboxylic acids is 1. The third-order valence-electron chi connectivity index (χ3n) is 2.74. The Labute approximate surface area is 119 Å². The van der Waals surface area contributed by atoms with Crippen LogP contribution in [0.1, 0.15) is 6.92 Å². The number of anilines is 2. The minimum atomic E-state index is -4.36. The van der Waals surface area contributed by atoms with E-state index in [0.29, 0.717) is 10.7 Å². The molecule has 1 amide bonds. The molecule has 0 saturated heterocycles. The van der Waals surface area contributed by atoms with Crippen LogP contribution in [0.2, 0.25) is 5.02 Å². The van der Waals surface area contributed by atoms with Crippen molar-refractivity contribution < 1.29 is 18.0 Å². The van der Waals surface area contributed by atoms with Gasteiger partial charge in [-0.15, -0.1) is 0 Å². The summed E-state index contributed by atoms with van der Waals surface area (Å²) in [4.78, 5) is 12.8. The molecule has 0 aliphatic heterocycles. The molecule has 0 aliphatic carbocycles. The highest BCUT2D eigenvalue weighted by atomic mass is 35.5. The van der Waals surface area contributed by atoms with Crippen LogP contribution in [0, 0.1) is 0 Å². The SMILES string of the molecule is CC(C(=O)Nc1ccc(Cl)cc1N)N(C)CC(F)(F)F. The molecule has 4 nitrogen and oxygen atoms in total. The highest BCUT2D eigenvalue weighted by molar-refractivity contribution is 6.31. The minimum absolute atomic E-state index is 0.247. The Balaban J connectivity index is 2.70. The number of hydrogen-bond donors (Lipinski definition) is 2. The number of nitrogens with two attached hydrogens (primary N) is 1. The molecule has 0 aliphatic rings. The fourth-order valence-corrected chi connectivity index (χ4v) is 1.69. The second kappa shape index (κ2) is 6.32. The largest absolute Gasteiger partial charge is 0.401 e. The number of nitrogens with zero attached hydrogens (tertiary/aromatic N) is 1. The number of benzene rings is 1. The van der Waals surface area contributed by atoms with Crippen LogP contribution in [-0.2, 0) is 4.79 Å². The van der Waals surface area contributed by atoms with Crippen molar-refractivity contribution in [2.75, 3.05) is 24.6 Å². The number of halogens is 4. The van der Waals surface area contributed by atoms with Gasteiger partial charge in [-0.05, 0) is 32.2 Å². The summed E-state index contributed by atoms with van der Waals surface area (Å²) in [5.41, 5.74) is 6.21. The van der Waals surface area contributed by atoms with E-state index in [0.717, 1.165) is 4.90 Å². The maximum absolute atomic E-state index is 12.3. The molecule has 0 heterocycles. The van der Waals surface area contributed by atoms with Crippen molar-refractivity contribution in [3.05, 3.63) is 23.2 Å². The van der Waals surface area contributed by atoms with Crippen LogP contribution in [0.5, 0.6) is 0 Å². The lowest BCUT2D eigenvalue weighted by Crippen LogP contribution is -2.44. The van der Waals surface area contributed by atoms with Gasteiger partial charge in [0.1, 0.15) is 0 Å². The van der Waals surface area contributed by atoms with Crippen molar-refractivity contribution in [2.24, 2.45) is 0 Å². The second-order valence-corrected chi connectivity index (χ2v) is 4.86. The van der Waals surface area contributed by atoms with Gasteiger partial charge in [0.2, 0.25) is 5.91 Å². The van der Waals surface area contributed by atoms with E-state index in [1.165, 1.54) is 32.2 Å². The number of nitrogens with one attached hydrogen (secondary N) is 1. The molecular weight excluding hydrogens is 295 g/mol. The Kier molecular flexibility index (Phi) is 5.24. The average molecular weight is 310 g/mol. The van der Waals surface area contributed by atoms with Gasteiger partial charge >= 0.3 is 6.18 Å². The molecule has 3 N–H and O–H groups in total. The first-order valence-corrected chi connectivity index (χ1v) is 6.11. The Morgan fingerprint density at radius 3 is 2.60 bits per heavy atom. The molecule has 0 bridgehead atoms. The zero-order valence-electron chi connectivity index (χ0n) is 11.0. The van der Waals surface area contributed by atoms with Gasteiger partial charge in [-0.25, -0.2) is 0 Å². The van der Waals surface area contributed by atoms with Gasteiger partial charge in [-0.1, -0.05) is 11.6 Å². The van der Waals surface area contributed by atoms with Crippen molar-refractivity contribution in [3.8, 4) is 0 Å². The van der Waals surface area contributed by atoms with Crippen LogP contribution in [0.15, 0.2) is 18.2 Å². The van der Waals surface area contributed by atoms with Crippen molar-refractivity contribution in [1.82, 2.24) is 4.90 Å². The first kappa shape index (κ1) is 16.6. The Morgan fingerprint density at radius 1 is 1.50 bits per heavy atom. The summed E-state index contributed by atoms with van der Waals surface area (Å²) in [6.45, 7) is 0.213. The number of alkyl halides is 3. The summed E-state index contributed by atoms with van der Waals surface area (Å²) >= 11 is 5.71. The van der Waals surface area contributed by atoms with E-state index in [1.807, 2.05) is 0 Å². The van der Waals surface area contributed by atoms with E-state index >= 15 is 0 Å². The van der Waals surface area contributed by atoms with Crippen LogP contribution in [-0.4, -0.2) is 36.6 Å². The maximum Gasteiger partial charge on any atom is 0.401 e. The smallest absolute Gasteiger partial charge is 0.397 e. The molecule has 0 radical (unpaired) electrons. The number of carbonyl (C=O) groups is 1. The van der Waals surface area contributed by atoms with Crippen molar-refractivity contribution in [1.29, 1.82) is 0 Å². The highest BCUT2D eigenvalue weighted by Crippen LogP contribution is 2.23. The van der Waals surface area contributed by atoms with Gasteiger partial charge < -0.3 is 11.1 Å². The fourth-order valence-electron chi connectivity index (χ4n) is 1.50.